The van der Waals surface area contributed by atoms with Crippen LogP contribution in [-0.2, 0) is 17.3 Å². The van der Waals surface area contributed by atoms with Crippen LogP contribution in [0.4, 0.5) is 17.1 Å². The Morgan fingerprint density at radius 1 is 0.514 bits per heavy atom. The molecule has 2 aliphatic heterocycles. The molecule has 0 atom stereocenters. The number of anilines is 3. The number of nitrogens with zero attached hydrogens (tertiary/aromatic N) is 3. The molecule has 70 heavy (non-hydrogen) atoms. The molecule has 0 radical (unpaired) electrons. The fraction of sp³-hybridized carbons (Fsp3) is 0.138. The van der Waals surface area contributed by atoms with Gasteiger partial charge in [0.05, 0.1) is 27.8 Å². The van der Waals surface area contributed by atoms with Crippen molar-refractivity contribution in [1.29, 1.82) is 0 Å². The Bertz CT molecular complexity index is 4280. The van der Waals surface area contributed by atoms with Gasteiger partial charge in [-0.1, -0.05) is 145 Å². The van der Waals surface area contributed by atoms with Crippen molar-refractivity contribution in [3.05, 3.63) is 198 Å². The number of allylic oxidation sites excluding steroid dienone is 1. The summed E-state index contributed by atoms with van der Waals surface area (Å²) in [5, 5.41) is 9.20. The van der Waals surface area contributed by atoms with E-state index in [9.17, 15) is 0 Å². The Hall–Kier alpha value is -7.60. The van der Waals surface area contributed by atoms with E-state index in [1.807, 2.05) is 11.3 Å². The van der Waals surface area contributed by atoms with Crippen molar-refractivity contribution in [2.45, 2.75) is 58.8 Å². The third kappa shape index (κ3) is 5.47. The zero-order valence-corrected chi connectivity index (χ0v) is 41.2. The van der Waals surface area contributed by atoms with E-state index in [0.717, 1.165) is 6.42 Å². The monoisotopic (exact) mass is 915 g/mol. The van der Waals surface area contributed by atoms with Crippen LogP contribution in [0.15, 0.2) is 176 Å². The summed E-state index contributed by atoms with van der Waals surface area (Å²) in [6, 6.07) is 65.4. The van der Waals surface area contributed by atoms with Crippen molar-refractivity contribution in [2.75, 3.05) is 4.90 Å². The maximum Gasteiger partial charge on any atom is 0.264 e. The molecule has 334 valence electrons. The largest absolute Gasteiger partial charge is 0.310 e. The molecule has 0 amide bonds. The average molecular weight is 916 g/mol. The van der Waals surface area contributed by atoms with Gasteiger partial charge in [0.1, 0.15) is 0 Å². The molecule has 0 saturated heterocycles. The summed E-state index contributed by atoms with van der Waals surface area (Å²) in [7, 11) is 0. The SMILES string of the molecule is CC(C)(C)c1ccc(N2c3cc(-c4cc5c6c(cccc6c4)CC=C5)cc4c3B(c3sc5ccc(C(C)(C)C)cc5c32)c2cc3c(c5ccccc5n3-c3ccccc3)c3c5ccccc5n-4c23)cc1. The maximum atomic E-state index is 2.66. The van der Waals surface area contributed by atoms with E-state index in [1.165, 1.54) is 142 Å². The molecule has 1 aliphatic carbocycles. The van der Waals surface area contributed by atoms with Crippen molar-refractivity contribution in [3.8, 4) is 22.5 Å². The molecule has 0 saturated carbocycles. The van der Waals surface area contributed by atoms with Crippen molar-refractivity contribution >= 4 is 121 Å². The van der Waals surface area contributed by atoms with E-state index in [1.54, 1.807) is 0 Å². The fourth-order valence-corrected chi connectivity index (χ4v) is 14.0. The van der Waals surface area contributed by atoms with Gasteiger partial charge >= 0.3 is 0 Å². The lowest BCUT2D eigenvalue weighted by molar-refractivity contribution is 0.590. The molecule has 5 heterocycles. The second kappa shape index (κ2) is 14.0. The molecule has 3 aromatic heterocycles. The lowest BCUT2D eigenvalue weighted by atomic mass is 9.36. The van der Waals surface area contributed by atoms with Gasteiger partial charge in [-0.05, 0) is 151 Å². The summed E-state index contributed by atoms with van der Waals surface area (Å²) in [6.07, 6.45) is 5.64. The summed E-state index contributed by atoms with van der Waals surface area (Å²) < 4.78 is 7.90. The van der Waals surface area contributed by atoms with E-state index in [0.29, 0.717) is 0 Å². The van der Waals surface area contributed by atoms with Crippen LogP contribution in [0.2, 0.25) is 0 Å². The predicted octanol–water partition coefficient (Wildman–Crippen LogP) is 15.7. The smallest absolute Gasteiger partial charge is 0.264 e. The number of hydrogen-bond donors (Lipinski definition) is 0. The minimum Gasteiger partial charge on any atom is -0.310 e. The molecule has 3 nitrogen and oxygen atoms in total. The zero-order valence-electron chi connectivity index (χ0n) is 40.4. The molecule has 0 spiro atoms. The van der Waals surface area contributed by atoms with Crippen molar-refractivity contribution in [2.24, 2.45) is 0 Å². The Labute approximate surface area is 412 Å². The Morgan fingerprint density at radius 3 is 1.97 bits per heavy atom. The topological polar surface area (TPSA) is 13.1 Å². The number of benzene rings is 9. The van der Waals surface area contributed by atoms with Gasteiger partial charge in [-0.15, -0.1) is 11.3 Å². The van der Waals surface area contributed by atoms with Gasteiger partial charge in [-0.3, -0.25) is 0 Å². The third-order valence-corrected chi connectivity index (χ3v) is 17.2. The van der Waals surface area contributed by atoms with Gasteiger partial charge in [0, 0.05) is 59.2 Å². The summed E-state index contributed by atoms with van der Waals surface area (Å²) >= 11 is 1.99. The van der Waals surface area contributed by atoms with Gasteiger partial charge in [0.25, 0.3) is 6.71 Å². The standard InChI is InChI=1S/C65H50BN3S/c1-64(2,3)43-26-29-46(30-27-43)68-54-34-42(41-32-39-18-14-16-38-17-15-19-40(33-41)57(38)39)35-55-60(54)66(63-61(68)49-36-44(65(4,5)6)28-31-56(49)70-63)50-37-53-58(59-48-23-11-13-25-52(48)69(55)62(50)59)47-22-10-12-24-51(47)67(53)45-20-8-7-9-21-45/h7-16,18-37H,17H2,1-6H3. The Balaban J connectivity index is 1.14. The Kier molecular flexibility index (Phi) is 8.07. The lowest BCUT2D eigenvalue weighted by Gasteiger charge is -2.39. The fourth-order valence-electron chi connectivity index (χ4n) is 12.7. The minimum atomic E-state index is -0.0242. The van der Waals surface area contributed by atoms with E-state index in [2.05, 4.69) is 238 Å². The first kappa shape index (κ1) is 40.3. The van der Waals surface area contributed by atoms with Crippen LogP contribution in [0.25, 0.3) is 93.0 Å². The second-order valence-electron chi connectivity index (χ2n) is 22.1. The van der Waals surface area contributed by atoms with E-state index in [4.69, 9.17) is 0 Å². The van der Waals surface area contributed by atoms with Gasteiger partial charge in [0.15, 0.2) is 0 Å². The highest BCUT2D eigenvalue weighted by molar-refractivity contribution is 7.33. The normalized spacial score (nSPS) is 14.0. The first-order valence-electron chi connectivity index (χ1n) is 24.9. The Morgan fingerprint density at radius 2 is 1.20 bits per heavy atom. The summed E-state index contributed by atoms with van der Waals surface area (Å²) in [5.74, 6) is 0. The van der Waals surface area contributed by atoms with Gasteiger partial charge in [-0.25, -0.2) is 0 Å². The van der Waals surface area contributed by atoms with Crippen LogP contribution in [0.1, 0.15) is 63.8 Å². The van der Waals surface area contributed by atoms with Crippen LogP contribution in [0.3, 0.4) is 0 Å². The van der Waals surface area contributed by atoms with E-state index in [-0.39, 0.29) is 17.5 Å². The van der Waals surface area contributed by atoms with Crippen molar-refractivity contribution < 1.29 is 0 Å². The second-order valence-corrected chi connectivity index (χ2v) is 23.2. The molecule has 0 N–H and O–H groups in total. The molecule has 0 unspecified atom stereocenters. The lowest BCUT2D eigenvalue weighted by Crippen LogP contribution is -2.59. The number of fused-ring (bicyclic) bond motifs is 13. The number of thiophene rings is 1. The molecule has 0 fully saturated rings. The van der Waals surface area contributed by atoms with E-state index >= 15 is 0 Å². The molecule has 9 aromatic carbocycles. The highest BCUT2D eigenvalue weighted by atomic mass is 32.1. The first-order chi connectivity index (χ1) is 34.0. The highest BCUT2D eigenvalue weighted by Crippen LogP contribution is 2.50. The zero-order chi connectivity index (χ0) is 46.9. The van der Waals surface area contributed by atoms with Crippen LogP contribution >= 0.6 is 11.3 Å². The summed E-state index contributed by atoms with van der Waals surface area (Å²) in [4.78, 5) is 2.66. The van der Waals surface area contributed by atoms with Crippen molar-refractivity contribution in [3.63, 3.8) is 0 Å². The molecular weight excluding hydrogens is 866 g/mol. The van der Waals surface area contributed by atoms with Crippen LogP contribution < -0.4 is 20.6 Å². The number of hydrogen-bond acceptors (Lipinski definition) is 2. The summed E-state index contributed by atoms with van der Waals surface area (Å²) in [5.41, 5.74) is 21.7. The van der Waals surface area contributed by atoms with Gasteiger partial charge in [0.2, 0.25) is 0 Å². The molecule has 5 heteroatoms. The van der Waals surface area contributed by atoms with Crippen molar-refractivity contribution in [1.82, 2.24) is 9.13 Å². The molecule has 0 bridgehead atoms. The average Bonchev–Trinajstić information content (AvgIpc) is 4.03. The van der Waals surface area contributed by atoms with Gasteiger partial charge in [-0.2, -0.15) is 0 Å². The van der Waals surface area contributed by atoms with Gasteiger partial charge < -0.3 is 14.0 Å². The minimum absolute atomic E-state index is 0.0202. The number of rotatable bonds is 3. The maximum absolute atomic E-state index is 2.66. The highest BCUT2D eigenvalue weighted by Gasteiger charge is 2.45. The molecular formula is C65H50BN3S. The predicted molar refractivity (Wildman–Crippen MR) is 303 cm³/mol. The first-order valence-corrected chi connectivity index (χ1v) is 25.7. The molecule has 12 aromatic rings. The van der Waals surface area contributed by atoms with Crippen LogP contribution in [-0.4, -0.2) is 15.8 Å². The third-order valence-electron chi connectivity index (χ3n) is 15.9. The summed E-state index contributed by atoms with van der Waals surface area (Å²) in [6.45, 7) is 13.9. The molecule has 3 aliphatic rings. The number of para-hydroxylation sites is 3. The van der Waals surface area contributed by atoms with Crippen LogP contribution in [0, 0.1) is 0 Å². The van der Waals surface area contributed by atoms with E-state index < -0.39 is 0 Å². The molecule has 15 rings (SSSR count). The quantitative estimate of drug-likeness (QED) is 0.161. The number of aromatic nitrogens is 2. The van der Waals surface area contributed by atoms with Crippen LogP contribution in [0.5, 0.6) is 0 Å².